The van der Waals surface area contributed by atoms with Gasteiger partial charge in [0.2, 0.25) is 0 Å². The van der Waals surface area contributed by atoms with Crippen LogP contribution in [0.1, 0.15) is 10.5 Å². The van der Waals surface area contributed by atoms with Gasteiger partial charge >= 0.3 is 0 Å². The second kappa shape index (κ2) is 4.79. The maximum absolute atomic E-state index is 11.0. The topological polar surface area (TPSA) is 108 Å². The molecule has 17 heavy (non-hydrogen) atoms. The largest absolute Gasteiger partial charge is 0.397 e. The van der Waals surface area contributed by atoms with E-state index in [2.05, 4.69) is 15.0 Å². The molecule has 2 aromatic rings. The van der Waals surface area contributed by atoms with E-state index in [4.69, 9.17) is 11.5 Å². The summed E-state index contributed by atoms with van der Waals surface area (Å²) in [7, 11) is 0. The van der Waals surface area contributed by atoms with Gasteiger partial charge in [0.25, 0.3) is 5.91 Å². The number of nitrogens with two attached hydrogens (primary N) is 2. The van der Waals surface area contributed by atoms with Gasteiger partial charge in [-0.15, -0.1) is 0 Å². The van der Waals surface area contributed by atoms with E-state index in [0.717, 1.165) is 0 Å². The molecule has 0 spiro atoms. The molecule has 86 valence electrons. The number of pyridine rings is 1. The molecule has 0 fully saturated rings. The molecule has 0 bridgehead atoms. The predicted octanol–water partition coefficient (Wildman–Crippen LogP) is 0.704. The van der Waals surface area contributed by atoms with Crippen LogP contribution in [0.2, 0.25) is 0 Å². The number of primary amides is 1. The van der Waals surface area contributed by atoms with Crippen molar-refractivity contribution < 1.29 is 4.79 Å². The summed E-state index contributed by atoms with van der Waals surface area (Å²) in [6, 6.07) is 4.77. The average molecular weight is 247 g/mol. The third-order valence-electron chi connectivity index (χ3n) is 1.87. The smallest absolute Gasteiger partial charge is 0.267 e. The summed E-state index contributed by atoms with van der Waals surface area (Å²) in [5, 5.41) is 0.973. The molecule has 0 aromatic carbocycles. The SMILES string of the molecule is NC(=O)c1ccc(N)c(Sc2ncccn2)n1. The quantitative estimate of drug-likeness (QED) is 0.773. The Balaban J connectivity index is 2.32. The molecular formula is C10H9N5OS. The summed E-state index contributed by atoms with van der Waals surface area (Å²) in [4.78, 5) is 23.1. The highest BCUT2D eigenvalue weighted by atomic mass is 32.2. The van der Waals surface area contributed by atoms with Gasteiger partial charge in [-0.05, 0) is 30.0 Å². The lowest BCUT2D eigenvalue weighted by Gasteiger charge is -2.04. The number of aromatic nitrogens is 3. The lowest BCUT2D eigenvalue weighted by molar-refractivity contribution is 0.0995. The number of hydrogen-bond donors (Lipinski definition) is 2. The molecule has 0 aliphatic rings. The van der Waals surface area contributed by atoms with Crippen LogP contribution in [0.3, 0.4) is 0 Å². The fraction of sp³-hybridized carbons (Fsp3) is 0. The van der Waals surface area contributed by atoms with Gasteiger partial charge in [-0.1, -0.05) is 0 Å². The lowest BCUT2D eigenvalue weighted by atomic mass is 10.3. The van der Waals surface area contributed by atoms with E-state index in [-0.39, 0.29) is 5.69 Å². The Kier molecular flexibility index (Phi) is 3.20. The molecular weight excluding hydrogens is 238 g/mol. The Morgan fingerprint density at radius 2 is 1.94 bits per heavy atom. The molecule has 0 atom stereocenters. The second-order valence-corrected chi connectivity index (χ2v) is 4.04. The zero-order chi connectivity index (χ0) is 12.3. The van der Waals surface area contributed by atoms with E-state index >= 15 is 0 Å². The van der Waals surface area contributed by atoms with Crippen molar-refractivity contribution in [1.29, 1.82) is 0 Å². The number of carbonyl (C=O) groups excluding carboxylic acids is 1. The third-order valence-corrected chi connectivity index (χ3v) is 2.79. The van der Waals surface area contributed by atoms with E-state index in [9.17, 15) is 4.79 Å². The molecule has 6 nitrogen and oxygen atoms in total. The first kappa shape index (κ1) is 11.3. The molecule has 4 N–H and O–H groups in total. The molecule has 0 saturated carbocycles. The number of nitrogens with zero attached hydrogens (tertiary/aromatic N) is 3. The summed E-state index contributed by atoms with van der Waals surface area (Å²) >= 11 is 1.18. The minimum absolute atomic E-state index is 0.164. The van der Waals surface area contributed by atoms with Crippen molar-refractivity contribution in [3.05, 3.63) is 36.3 Å². The fourth-order valence-electron chi connectivity index (χ4n) is 1.09. The number of carbonyl (C=O) groups is 1. The summed E-state index contributed by atoms with van der Waals surface area (Å²) in [6.45, 7) is 0. The molecule has 0 radical (unpaired) electrons. The monoisotopic (exact) mass is 247 g/mol. The van der Waals surface area contributed by atoms with E-state index in [0.29, 0.717) is 15.9 Å². The third kappa shape index (κ3) is 2.70. The minimum atomic E-state index is -0.596. The molecule has 0 unspecified atom stereocenters. The summed E-state index contributed by atoms with van der Waals surface area (Å²) in [6.07, 6.45) is 3.23. The van der Waals surface area contributed by atoms with Crippen LogP contribution in [-0.4, -0.2) is 20.9 Å². The first-order valence-electron chi connectivity index (χ1n) is 4.68. The first-order chi connectivity index (χ1) is 8.16. The van der Waals surface area contributed by atoms with E-state index in [1.54, 1.807) is 24.5 Å². The van der Waals surface area contributed by atoms with E-state index in [1.807, 2.05) is 0 Å². The normalized spacial score (nSPS) is 10.1. The van der Waals surface area contributed by atoms with E-state index in [1.165, 1.54) is 17.8 Å². The van der Waals surface area contributed by atoms with Crippen molar-refractivity contribution in [1.82, 2.24) is 15.0 Å². The minimum Gasteiger partial charge on any atom is -0.397 e. The fourth-order valence-corrected chi connectivity index (χ4v) is 1.82. The van der Waals surface area contributed by atoms with Crippen molar-refractivity contribution in [2.75, 3.05) is 5.73 Å². The van der Waals surface area contributed by atoms with Crippen LogP contribution in [0.15, 0.2) is 40.8 Å². The molecule has 0 saturated heterocycles. The van der Waals surface area contributed by atoms with Crippen LogP contribution in [0.4, 0.5) is 5.69 Å². The highest BCUT2D eigenvalue weighted by molar-refractivity contribution is 7.99. The van der Waals surface area contributed by atoms with Crippen molar-refractivity contribution >= 4 is 23.4 Å². The summed E-state index contributed by atoms with van der Waals surface area (Å²) in [5.41, 5.74) is 11.5. The number of rotatable bonds is 3. The van der Waals surface area contributed by atoms with Gasteiger partial charge in [0, 0.05) is 12.4 Å². The van der Waals surface area contributed by atoms with Gasteiger partial charge < -0.3 is 11.5 Å². The second-order valence-electron chi connectivity index (χ2n) is 3.09. The van der Waals surface area contributed by atoms with Crippen LogP contribution >= 0.6 is 11.8 Å². The van der Waals surface area contributed by atoms with Crippen LogP contribution in [0.25, 0.3) is 0 Å². The van der Waals surface area contributed by atoms with Crippen molar-refractivity contribution in [2.24, 2.45) is 5.73 Å². The maximum atomic E-state index is 11.0. The highest BCUT2D eigenvalue weighted by Crippen LogP contribution is 2.27. The maximum Gasteiger partial charge on any atom is 0.267 e. The molecule has 7 heteroatoms. The number of amides is 1. The van der Waals surface area contributed by atoms with Gasteiger partial charge in [-0.3, -0.25) is 4.79 Å². The van der Waals surface area contributed by atoms with Crippen molar-refractivity contribution in [2.45, 2.75) is 10.2 Å². The summed E-state index contributed by atoms with van der Waals surface area (Å²) in [5.74, 6) is -0.596. The number of nitrogen functional groups attached to an aromatic ring is 1. The molecule has 2 rings (SSSR count). The van der Waals surface area contributed by atoms with E-state index < -0.39 is 5.91 Å². The summed E-state index contributed by atoms with van der Waals surface area (Å²) < 4.78 is 0. The Labute approximate surface area is 101 Å². The van der Waals surface area contributed by atoms with Crippen LogP contribution in [0.5, 0.6) is 0 Å². The lowest BCUT2D eigenvalue weighted by Crippen LogP contribution is -2.13. The molecule has 1 amide bonds. The molecule has 2 aromatic heterocycles. The van der Waals surface area contributed by atoms with Crippen molar-refractivity contribution in [3.63, 3.8) is 0 Å². The standard InChI is InChI=1S/C10H9N5OS/c11-6-2-3-7(8(12)16)15-9(6)17-10-13-4-1-5-14-10/h1-5H,11H2,(H2,12,16). The van der Waals surface area contributed by atoms with Crippen LogP contribution in [-0.2, 0) is 0 Å². The Hall–Kier alpha value is -2.15. The molecule has 0 aliphatic heterocycles. The Morgan fingerprint density at radius 3 is 2.59 bits per heavy atom. The van der Waals surface area contributed by atoms with Crippen LogP contribution in [0, 0.1) is 0 Å². The van der Waals surface area contributed by atoms with Gasteiger partial charge in [0.05, 0.1) is 5.69 Å². The number of anilines is 1. The van der Waals surface area contributed by atoms with Gasteiger partial charge in [0.15, 0.2) is 5.16 Å². The average Bonchev–Trinajstić information content (AvgIpc) is 2.33. The van der Waals surface area contributed by atoms with Crippen LogP contribution < -0.4 is 11.5 Å². The first-order valence-corrected chi connectivity index (χ1v) is 5.49. The van der Waals surface area contributed by atoms with Gasteiger partial charge in [-0.2, -0.15) is 0 Å². The predicted molar refractivity (Wildman–Crippen MR) is 63.3 cm³/mol. The number of hydrogen-bond acceptors (Lipinski definition) is 6. The van der Waals surface area contributed by atoms with Gasteiger partial charge in [-0.25, -0.2) is 15.0 Å². The zero-order valence-electron chi connectivity index (χ0n) is 8.70. The Bertz CT molecular complexity index is 546. The van der Waals surface area contributed by atoms with Crippen molar-refractivity contribution in [3.8, 4) is 0 Å². The van der Waals surface area contributed by atoms with Gasteiger partial charge in [0.1, 0.15) is 10.7 Å². The Morgan fingerprint density at radius 1 is 1.24 bits per heavy atom. The highest BCUT2D eigenvalue weighted by Gasteiger charge is 2.09. The molecule has 0 aliphatic carbocycles. The molecule has 2 heterocycles. The zero-order valence-corrected chi connectivity index (χ0v) is 9.52.